The molecule has 0 atom stereocenters. The van der Waals surface area contributed by atoms with Gasteiger partial charge >= 0.3 is 0 Å². The van der Waals surface area contributed by atoms with Crippen molar-refractivity contribution in [1.29, 1.82) is 0 Å². The van der Waals surface area contributed by atoms with Crippen molar-refractivity contribution in [2.75, 3.05) is 6.61 Å². The van der Waals surface area contributed by atoms with Gasteiger partial charge in [0.2, 0.25) is 0 Å². The zero-order valence-electron chi connectivity index (χ0n) is 10.8. The summed E-state index contributed by atoms with van der Waals surface area (Å²) >= 11 is 0. The van der Waals surface area contributed by atoms with Crippen LogP contribution in [0.3, 0.4) is 0 Å². The molecule has 0 saturated heterocycles. The molecule has 0 amide bonds. The fourth-order valence-corrected chi connectivity index (χ4v) is 1.74. The average molecular weight is 270 g/mol. The van der Waals surface area contributed by atoms with Gasteiger partial charge in [-0.1, -0.05) is 30.0 Å². The number of benzene rings is 1. The van der Waals surface area contributed by atoms with Gasteiger partial charge in [0.15, 0.2) is 0 Å². The molecule has 0 aliphatic carbocycles. The Morgan fingerprint density at radius 3 is 2.75 bits per heavy atom. The quantitative estimate of drug-likeness (QED) is 0.789. The molecular weight excluding hydrogens is 256 g/mol. The Morgan fingerprint density at radius 1 is 1.15 bits per heavy atom. The van der Waals surface area contributed by atoms with Gasteiger partial charge in [0.1, 0.15) is 0 Å². The zero-order valence-corrected chi connectivity index (χ0v) is 10.8. The number of aliphatic hydroxyl groups is 1. The largest absolute Gasteiger partial charge is 0.395 e. The van der Waals surface area contributed by atoms with Gasteiger partial charge in [0.05, 0.1) is 13.2 Å². The number of hydrogen-bond acceptors (Lipinski definition) is 3. The van der Waals surface area contributed by atoms with Crippen molar-refractivity contribution in [3.63, 3.8) is 0 Å². The molecule has 1 heterocycles. The van der Waals surface area contributed by atoms with E-state index in [0.29, 0.717) is 6.42 Å². The Balaban J connectivity index is 2.35. The molecule has 0 unspecified atom stereocenters. The first kappa shape index (κ1) is 13.8. The van der Waals surface area contributed by atoms with Crippen molar-refractivity contribution in [1.82, 2.24) is 9.78 Å². The number of hydrogen-bond donors (Lipinski definition) is 2. The summed E-state index contributed by atoms with van der Waals surface area (Å²) in [5.41, 5.74) is 1.01. The molecule has 0 bridgehead atoms. The van der Waals surface area contributed by atoms with Gasteiger partial charge in [-0.25, -0.2) is 4.68 Å². The fourth-order valence-electron chi connectivity index (χ4n) is 1.74. The van der Waals surface area contributed by atoms with Gasteiger partial charge < -0.3 is 5.11 Å². The Kier molecular flexibility index (Phi) is 4.53. The molecule has 0 aliphatic heterocycles. The minimum atomic E-state index is -0.326. The molecule has 20 heavy (non-hydrogen) atoms. The van der Waals surface area contributed by atoms with E-state index in [2.05, 4.69) is 16.9 Å². The van der Waals surface area contributed by atoms with Crippen LogP contribution in [-0.4, -0.2) is 21.5 Å². The van der Waals surface area contributed by atoms with Crippen LogP contribution in [-0.2, 0) is 6.54 Å². The minimum Gasteiger partial charge on any atom is -0.395 e. The maximum Gasteiger partial charge on any atom is 0.265 e. The van der Waals surface area contributed by atoms with Crippen LogP contribution in [0, 0.1) is 11.8 Å². The van der Waals surface area contributed by atoms with Crippen molar-refractivity contribution in [2.45, 2.75) is 13.0 Å². The minimum absolute atomic E-state index is 0.0145. The molecule has 0 spiro atoms. The van der Waals surface area contributed by atoms with E-state index >= 15 is 0 Å². The lowest BCUT2D eigenvalue weighted by Crippen LogP contribution is -2.28. The lowest BCUT2D eigenvalue weighted by atomic mass is 10.1. The summed E-state index contributed by atoms with van der Waals surface area (Å²) in [6.45, 7) is 0.263. The first-order chi connectivity index (χ1) is 9.70. The topological polar surface area (TPSA) is 75.1 Å². The highest BCUT2D eigenvalue weighted by Crippen LogP contribution is 2.07. The van der Waals surface area contributed by atoms with Crippen LogP contribution < -0.4 is 11.1 Å². The highest BCUT2D eigenvalue weighted by atomic mass is 16.2. The number of aromatic amines is 1. The summed E-state index contributed by atoms with van der Waals surface area (Å²) in [7, 11) is 0. The van der Waals surface area contributed by atoms with Crippen LogP contribution in [0.2, 0.25) is 0 Å². The molecule has 5 heteroatoms. The average Bonchev–Trinajstić information content (AvgIpc) is 2.45. The molecule has 0 saturated carbocycles. The molecule has 0 radical (unpaired) electrons. The maximum absolute atomic E-state index is 11.7. The summed E-state index contributed by atoms with van der Waals surface area (Å²) in [6, 6.07) is 9.82. The molecule has 2 rings (SSSR count). The van der Waals surface area contributed by atoms with Crippen LogP contribution in [0.1, 0.15) is 17.5 Å². The molecule has 2 N–H and O–H groups in total. The van der Waals surface area contributed by atoms with E-state index in [0.717, 1.165) is 11.1 Å². The summed E-state index contributed by atoms with van der Waals surface area (Å²) in [4.78, 5) is 22.9. The number of aromatic nitrogens is 2. The summed E-state index contributed by atoms with van der Waals surface area (Å²) in [5, 5.41) is 11.2. The van der Waals surface area contributed by atoms with Gasteiger partial charge in [-0.05, 0) is 11.6 Å². The van der Waals surface area contributed by atoms with Gasteiger partial charge in [0, 0.05) is 24.1 Å². The Hall–Kier alpha value is -2.58. The van der Waals surface area contributed by atoms with Gasteiger partial charge in [-0.2, -0.15) is 0 Å². The molecule has 0 fully saturated rings. The molecular formula is C15H14N2O3. The molecule has 1 aromatic heterocycles. The third-order valence-corrected chi connectivity index (χ3v) is 2.69. The molecule has 102 valence electrons. The predicted molar refractivity (Wildman–Crippen MR) is 75.4 cm³/mol. The lowest BCUT2D eigenvalue weighted by Gasteiger charge is -2.07. The lowest BCUT2D eigenvalue weighted by molar-refractivity contribution is 0.305. The number of nitrogens with zero attached hydrogens (tertiary/aromatic N) is 1. The summed E-state index contributed by atoms with van der Waals surface area (Å²) < 4.78 is 1.24. The van der Waals surface area contributed by atoms with Gasteiger partial charge in [-0.15, -0.1) is 0 Å². The predicted octanol–water partition coefficient (Wildman–Crippen LogP) is 0.319. The van der Waals surface area contributed by atoms with Crippen molar-refractivity contribution >= 4 is 0 Å². The second-order valence-electron chi connectivity index (χ2n) is 4.17. The smallest absolute Gasteiger partial charge is 0.265 e. The Morgan fingerprint density at radius 2 is 1.95 bits per heavy atom. The van der Waals surface area contributed by atoms with Crippen molar-refractivity contribution < 1.29 is 5.11 Å². The number of rotatable bonds is 3. The van der Waals surface area contributed by atoms with E-state index in [-0.39, 0.29) is 24.3 Å². The third-order valence-electron chi connectivity index (χ3n) is 2.69. The summed E-state index contributed by atoms with van der Waals surface area (Å²) in [6.07, 6.45) is 0.399. The van der Waals surface area contributed by atoms with Gasteiger partial charge in [-0.3, -0.25) is 14.7 Å². The van der Waals surface area contributed by atoms with E-state index < -0.39 is 0 Å². The number of H-pyrrole nitrogens is 1. The van der Waals surface area contributed by atoms with Crippen molar-refractivity contribution in [3.05, 3.63) is 68.2 Å². The zero-order chi connectivity index (χ0) is 14.4. The van der Waals surface area contributed by atoms with Crippen LogP contribution >= 0.6 is 0 Å². The van der Waals surface area contributed by atoms with Gasteiger partial charge in [0.25, 0.3) is 11.1 Å². The first-order valence-electron chi connectivity index (χ1n) is 6.18. The highest BCUT2D eigenvalue weighted by Gasteiger charge is 2.02. The Bertz CT molecular complexity index is 763. The fraction of sp³-hybridized carbons (Fsp3) is 0.200. The van der Waals surface area contributed by atoms with Crippen LogP contribution in [0.15, 0.2) is 46.0 Å². The van der Waals surface area contributed by atoms with E-state index in [1.807, 2.05) is 24.3 Å². The van der Waals surface area contributed by atoms with E-state index in [4.69, 9.17) is 5.11 Å². The van der Waals surface area contributed by atoms with E-state index in [1.54, 1.807) is 0 Å². The van der Waals surface area contributed by atoms with Crippen LogP contribution in [0.25, 0.3) is 0 Å². The molecule has 2 aromatic rings. The van der Waals surface area contributed by atoms with Crippen molar-refractivity contribution in [3.8, 4) is 11.8 Å². The SMILES string of the molecule is O=c1ccc(=O)n(Cc2ccccc2C#CCCO)[nH]1. The second kappa shape index (κ2) is 6.55. The summed E-state index contributed by atoms with van der Waals surface area (Å²) in [5.74, 6) is 5.80. The van der Waals surface area contributed by atoms with Crippen LogP contribution in [0.5, 0.6) is 0 Å². The molecule has 1 aromatic carbocycles. The van der Waals surface area contributed by atoms with E-state index in [9.17, 15) is 9.59 Å². The second-order valence-corrected chi connectivity index (χ2v) is 4.17. The highest BCUT2D eigenvalue weighted by molar-refractivity contribution is 5.41. The monoisotopic (exact) mass is 270 g/mol. The standard InChI is InChI=1S/C15H14N2O3/c18-10-4-3-6-12-5-1-2-7-13(12)11-17-15(20)9-8-14(19)16-17/h1-2,5,7-9,18H,4,10-11H2,(H,16,19). The van der Waals surface area contributed by atoms with Crippen molar-refractivity contribution in [2.24, 2.45) is 0 Å². The van der Waals surface area contributed by atoms with E-state index in [1.165, 1.54) is 16.8 Å². The molecule has 0 aliphatic rings. The van der Waals surface area contributed by atoms with Crippen LogP contribution in [0.4, 0.5) is 0 Å². The molecule has 5 nitrogen and oxygen atoms in total. The first-order valence-corrected chi connectivity index (χ1v) is 6.18. The normalized spacial score (nSPS) is 9.85. The third kappa shape index (κ3) is 3.46. The number of nitrogens with one attached hydrogen (secondary N) is 1. The number of aliphatic hydroxyl groups excluding tert-OH is 1. The Labute approximate surface area is 115 Å². The maximum atomic E-state index is 11.7.